The van der Waals surface area contributed by atoms with Gasteiger partial charge in [0.2, 0.25) is 0 Å². The Hall–Kier alpha value is -1.89. The van der Waals surface area contributed by atoms with Crippen LogP contribution in [0.4, 0.5) is 0 Å². The Bertz CT molecular complexity index is 692. The third-order valence-electron chi connectivity index (χ3n) is 2.60. The molecule has 7 heteroatoms. The normalized spacial score (nSPS) is 11.8. The van der Waals surface area contributed by atoms with Gasteiger partial charge in [0, 0.05) is 12.2 Å². The molecule has 6 nitrogen and oxygen atoms in total. The number of nitrogens with zero attached hydrogens (tertiary/aromatic N) is 2. The molecule has 0 aliphatic rings. The van der Waals surface area contributed by atoms with E-state index in [0.29, 0.717) is 17.5 Å². The first-order valence-corrected chi connectivity index (χ1v) is 8.01. The molecule has 0 amide bonds. The molecule has 0 aliphatic heterocycles. The van der Waals surface area contributed by atoms with E-state index in [9.17, 15) is 8.42 Å². The van der Waals surface area contributed by atoms with Crippen LogP contribution in [-0.2, 0) is 16.4 Å². The quantitative estimate of drug-likeness (QED) is 0.841. The van der Waals surface area contributed by atoms with Gasteiger partial charge in [-0.25, -0.2) is 8.42 Å². The highest BCUT2D eigenvalue weighted by molar-refractivity contribution is 7.90. The first kappa shape index (κ1) is 14.5. The van der Waals surface area contributed by atoms with Crippen molar-refractivity contribution in [2.45, 2.75) is 31.3 Å². The third-order valence-corrected chi connectivity index (χ3v) is 3.71. The fourth-order valence-electron chi connectivity index (χ4n) is 1.50. The highest BCUT2D eigenvalue weighted by atomic mass is 32.2. The Kier molecular flexibility index (Phi) is 4.08. The predicted octanol–water partition coefficient (Wildman–Crippen LogP) is 2.18. The summed E-state index contributed by atoms with van der Waals surface area (Å²) in [7, 11) is -3.25. The van der Waals surface area contributed by atoms with Gasteiger partial charge in [0.1, 0.15) is 5.75 Å². The lowest BCUT2D eigenvalue weighted by Gasteiger charge is -2.04. The molecule has 0 N–H and O–H groups in total. The summed E-state index contributed by atoms with van der Waals surface area (Å²) in [6.45, 7) is 4.03. The van der Waals surface area contributed by atoms with E-state index in [1.807, 2.05) is 13.8 Å². The van der Waals surface area contributed by atoms with Gasteiger partial charge in [0.05, 0.1) is 4.90 Å². The molecule has 0 saturated carbocycles. The second-order valence-electron chi connectivity index (χ2n) is 4.74. The SMILES string of the molecule is CC(C)c1noc(COc2cccc(S(C)(=O)=O)c2)n1. The summed E-state index contributed by atoms with van der Waals surface area (Å²) in [5.41, 5.74) is 0. The largest absolute Gasteiger partial charge is 0.484 e. The monoisotopic (exact) mass is 296 g/mol. The summed E-state index contributed by atoms with van der Waals surface area (Å²) in [6.07, 6.45) is 1.15. The maximum absolute atomic E-state index is 11.4. The molecule has 2 aromatic rings. The zero-order chi connectivity index (χ0) is 14.8. The summed E-state index contributed by atoms with van der Waals surface area (Å²) >= 11 is 0. The Labute approximate surface area is 117 Å². The molecule has 1 aromatic heterocycles. The Morgan fingerprint density at radius 1 is 1.35 bits per heavy atom. The van der Waals surface area contributed by atoms with Crippen molar-refractivity contribution in [1.82, 2.24) is 10.1 Å². The molecule has 1 heterocycles. The van der Waals surface area contributed by atoms with Crippen LogP contribution in [0.1, 0.15) is 31.5 Å². The Morgan fingerprint density at radius 2 is 2.10 bits per heavy atom. The van der Waals surface area contributed by atoms with Gasteiger partial charge in [-0.1, -0.05) is 25.1 Å². The van der Waals surface area contributed by atoms with E-state index >= 15 is 0 Å². The van der Waals surface area contributed by atoms with Crippen molar-refractivity contribution >= 4 is 9.84 Å². The van der Waals surface area contributed by atoms with E-state index in [2.05, 4.69) is 10.1 Å². The van der Waals surface area contributed by atoms with Crippen LogP contribution in [-0.4, -0.2) is 24.8 Å². The standard InChI is InChI=1S/C13H16N2O4S/c1-9(2)13-14-12(19-15-13)8-18-10-5-4-6-11(7-10)20(3,16)17/h4-7,9H,8H2,1-3H3. The second kappa shape index (κ2) is 5.62. The van der Waals surface area contributed by atoms with Crippen molar-refractivity contribution in [2.24, 2.45) is 0 Å². The average Bonchev–Trinajstić information content (AvgIpc) is 2.85. The van der Waals surface area contributed by atoms with Crippen molar-refractivity contribution in [3.8, 4) is 5.75 Å². The van der Waals surface area contributed by atoms with Crippen molar-refractivity contribution in [2.75, 3.05) is 6.26 Å². The maximum Gasteiger partial charge on any atom is 0.264 e. The van der Waals surface area contributed by atoms with E-state index in [0.717, 1.165) is 6.26 Å². The van der Waals surface area contributed by atoms with E-state index in [4.69, 9.17) is 9.26 Å². The number of ether oxygens (including phenoxy) is 1. The van der Waals surface area contributed by atoms with E-state index in [1.165, 1.54) is 12.1 Å². The minimum Gasteiger partial charge on any atom is -0.484 e. The molecular formula is C13H16N2O4S. The Balaban J connectivity index is 2.07. The van der Waals surface area contributed by atoms with Crippen LogP contribution in [0.25, 0.3) is 0 Å². The molecule has 0 atom stereocenters. The minimum atomic E-state index is -3.25. The number of benzene rings is 1. The van der Waals surface area contributed by atoms with E-state index < -0.39 is 9.84 Å². The third kappa shape index (κ3) is 3.57. The topological polar surface area (TPSA) is 82.3 Å². The van der Waals surface area contributed by atoms with Gasteiger partial charge in [-0.15, -0.1) is 0 Å². The summed E-state index contributed by atoms with van der Waals surface area (Å²) in [6, 6.07) is 6.29. The van der Waals surface area contributed by atoms with Crippen molar-refractivity contribution in [3.05, 3.63) is 36.0 Å². The zero-order valence-corrected chi connectivity index (χ0v) is 12.3. The lowest BCUT2D eigenvalue weighted by atomic mass is 10.2. The lowest BCUT2D eigenvalue weighted by Crippen LogP contribution is -2.00. The van der Waals surface area contributed by atoms with Crippen LogP contribution in [0.3, 0.4) is 0 Å². The predicted molar refractivity (Wildman–Crippen MR) is 72.3 cm³/mol. The van der Waals surface area contributed by atoms with Gasteiger partial charge in [-0.2, -0.15) is 4.98 Å². The van der Waals surface area contributed by atoms with Gasteiger partial charge >= 0.3 is 0 Å². The van der Waals surface area contributed by atoms with Crippen molar-refractivity contribution < 1.29 is 17.7 Å². The van der Waals surface area contributed by atoms with Crippen LogP contribution < -0.4 is 4.74 Å². The first-order valence-electron chi connectivity index (χ1n) is 6.11. The van der Waals surface area contributed by atoms with Crippen LogP contribution in [0.5, 0.6) is 5.75 Å². The fourth-order valence-corrected chi connectivity index (χ4v) is 2.16. The van der Waals surface area contributed by atoms with E-state index in [1.54, 1.807) is 12.1 Å². The molecule has 0 aliphatic carbocycles. The first-order chi connectivity index (χ1) is 9.36. The molecule has 108 valence electrons. The van der Waals surface area contributed by atoms with Crippen molar-refractivity contribution in [3.63, 3.8) is 0 Å². The molecule has 1 aromatic carbocycles. The summed E-state index contributed by atoms with van der Waals surface area (Å²) in [5, 5.41) is 3.82. The number of sulfone groups is 1. The molecule has 0 radical (unpaired) electrons. The Morgan fingerprint density at radius 3 is 2.70 bits per heavy atom. The molecule has 0 fully saturated rings. The van der Waals surface area contributed by atoms with Crippen LogP contribution in [0.2, 0.25) is 0 Å². The summed E-state index contributed by atoms with van der Waals surface area (Å²) in [4.78, 5) is 4.39. The minimum absolute atomic E-state index is 0.104. The van der Waals surface area contributed by atoms with Crippen LogP contribution in [0, 0.1) is 0 Å². The van der Waals surface area contributed by atoms with Crippen molar-refractivity contribution in [1.29, 1.82) is 0 Å². The van der Waals surface area contributed by atoms with Gasteiger partial charge in [0.15, 0.2) is 22.3 Å². The smallest absolute Gasteiger partial charge is 0.264 e. The molecule has 20 heavy (non-hydrogen) atoms. The second-order valence-corrected chi connectivity index (χ2v) is 6.75. The van der Waals surface area contributed by atoms with Crippen LogP contribution >= 0.6 is 0 Å². The summed E-state index contributed by atoms with van der Waals surface area (Å²) in [5.74, 6) is 1.60. The van der Waals surface area contributed by atoms with Gasteiger partial charge < -0.3 is 9.26 Å². The van der Waals surface area contributed by atoms with Gasteiger partial charge in [0.25, 0.3) is 5.89 Å². The highest BCUT2D eigenvalue weighted by Gasteiger charge is 2.11. The molecule has 0 spiro atoms. The summed E-state index contributed by atoms with van der Waals surface area (Å²) < 4.78 is 33.4. The molecule has 2 rings (SSSR count). The average molecular weight is 296 g/mol. The van der Waals surface area contributed by atoms with E-state index in [-0.39, 0.29) is 17.4 Å². The number of hydrogen-bond donors (Lipinski definition) is 0. The molecular weight excluding hydrogens is 280 g/mol. The van der Waals surface area contributed by atoms with Gasteiger partial charge in [-0.3, -0.25) is 0 Å². The molecule has 0 bridgehead atoms. The number of hydrogen-bond acceptors (Lipinski definition) is 6. The van der Waals surface area contributed by atoms with Gasteiger partial charge in [-0.05, 0) is 18.2 Å². The highest BCUT2D eigenvalue weighted by Crippen LogP contribution is 2.18. The number of rotatable bonds is 5. The maximum atomic E-state index is 11.4. The molecule has 0 saturated heterocycles. The molecule has 0 unspecified atom stereocenters. The zero-order valence-electron chi connectivity index (χ0n) is 11.5. The lowest BCUT2D eigenvalue weighted by molar-refractivity contribution is 0.242. The fraction of sp³-hybridized carbons (Fsp3) is 0.385. The number of aromatic nitrogens is 2. The van der Waals surface area contributed by atoms with Crippen LogP contribution in [0.15, 0.2) is 33.7 Å².